The van der Waals surface area contributed by atoms with Crippen LogP contribution >= 0.6 is 0 Å². The molecule has 0 bridgehead atoms. The fourth-order valence-electron chi connectivity index (χ4n) is 1.94. The molecule has 1 atom stereocenters. The van der Waals surface area contributed by atoms with Gasteiger partial charge in [0.1, 0.15) is 0 Å². The second-order valence-corrected chi connectivity index (χ2v) is 7.90. The van der Waals surface area contributed by atoms with E-state index in [1.807, 2.05) is 7.05 Å². The third kappa shape index (κ3) is 2.52. The maximum atomic E-state index is 12.3. The number of hydrogen-bond donors (Lipinski definition) is 1. The van der Waals surface area contributed by atoms with Gasteiger partial charge in [0.05, 0.1) is 10.00 Å². The van der Waals surface area contributed by atoms with Crippen LogP contribution in [0.25, 0.3) is 0 Å². The second kappa shape index (κ2) is 4.39. The minimum atomic E-state index is -3.11. The van der Waals surface area contributed by atoms with Crippen molar-refractivity contribution in [2.24, 2.45) is 5.73 Å². The van der Waals surface area contributed by atoms with Crippen LogP contribution in [0.2, 0.25) is 0 Å². The zero-order valence-electron chi connectivity index (χ0n) is 9.86. The standard InChI is InChI=1S/C10H22N2O2S/c1-10(2,8-11)15(13,14)9-5-4-6-12(3)7-9/h9H,4-8,11H2,1-3H3. The van der Waals surface area contributed by atoms with Crippen molar-refractivity contribution in [1.82, 2.24) is 4.90 Å². The van der Waals surface area contributed by atoms with E-state index < -0.39 is 14.6 Å². The lowest BCUT2D eigenvalue weighted by Gasteiger charge is -2.34. The molecule has 1 heterocycles. The van der Waals surface area contributed by atoms with E-state index in [4.69, 9.17) is 5.73 Å². The lowest BCUT2D eigenvalue weighted by molar-refractivity contribution is 0.276. The molecule has 0 aromatic carbocycles. The molecule has 0 spiro atoms. The van der Waals surface area contributed by atoms with Gasteiger partial charge in [0, 0.05) is 13.1 Å². The van der Waals surface area contributed by atoms with Gasteiger partial charge in [0.15, 0.2) is 9.84 Å². The Morgan fingerprint density at radius 3 is 2.53 bits per heavy atom. The average Bonchev–Trinajstić information content (AvgIpc) is 2.17. The molecule has 0 aromatic heterocycles. The van der Waals surface area contributed by atoms with Gasteiger partial charge < -0.3 is 10.6 Å². The van der Waals surface area contributed by atoms with Crippen molar-refractivity contribution in [1.29, 1.82) is 0 Å². The van der Waals surface area contributed by atoms with Crippen LogP contribution in [0.5, 0.6) is 0 Å². The molecular formula is C10H22N2O2S. The normalized spacial score (nSPS) is 25.5. The van der Waals surface area contributed by atoms with E-state index in [9.17, 15) is 8.42 Å². The molecule has 0 saturated carbocycles. The number of sulfone groups is 1. The van der Waals surface area contributed by atoms with Crippen molar-refractivity contribution in [3.8, 4) is 0 Å². The summed E-state index contributed by atoms with van der Waals surface area (Å²) in [6.07, 6.45) is 1.73. The fraction of sp³-hybridized carbons (Fsp3) is 1.00. The Balaban J connectivity index is 2.86. The van der Waals surface area contributed by atoms with Gasteiger partial charge in [0.25, 0.3) is 0 Å². The van der Waals surface area contributed by atoms with Crippen molar-refractivity contribution in [2.75, 3.05) is 26.7 Å². The minimum Gasteiger partial charge on any atom is -0.329 e. The van der Waals surface area contributed by atoms with E-state index in [-0.39, 0.29) is 11.8 Å². The predicted octanol–water partition coefficient (Wildman–Crippen LogP) is 0.233. The van der Waals surface area contributed by atoms with Gasteiger partial charge in [-0.1, -0.05) is 0 Å². The first-order valence-electron chi connectivity index (χ1n) is 5.43. The Morgan fingerprint density at radius 1 is 1.47 bits per heavy atom. The maximum Gasteiger partial charge on any atom is 0.160 e. The van der Waals surface area contributed by atoms with Crippen LogP contribution in [0.1, 0.15) is 26.7 Å². The molecule has 4 nitrogen and oxygen atoms in total. The summed E-state index contributed by atoms with van der Waals surface area (Å²) in [6, 6.07) is 0. The Kier molecular flexibility index (Phi) is 3.79. The van der Waals surface area contributed by atoms with Crippen LogP contribution in [0.15, 0.2) is 0 Å². The minimum absolute atomic E-state index is 0.190. The largest absolute Gasteiger partial charge is 0.329 e. The van der Waals surface area contributed by atoms with Crippen molar-refractivity contribution < 1.29 is 8.42 Å². The van der Waals surface area contributed by atoms with E-state index >= 15 is 0 Å². The van der Waals surface area contributed by atoms with Gasteiger partial charge in [-0.05, 0) is 40.3 Å². The maximum absolute atomic E-state index is 12.3. The van der Waals surface area contributed by atoms with E-state index in [0.717, 1.165) is 19.4 Å². The molecule has 0 aromatic rings. The highest BCUT2D eigenvalue weighted by atomic mass is 32.2. The molecule has 2 N–H and O–H groups in total. The molecule has 1 saturated heterocycles. The van der Waals surface area contributed by atoms with Gasteiger partial charge in [-0.3, -0.25) is 0 Å². The fourth-order valence-corrected chi connectivity index (χ4v) is 4.00. The summed E-state index contributed by atoms with van der Waals surface area (Å²) in [5.41, 5.74) is 5.54. The molecule has 1 unspecified atom stereocenters. The van der Waals surface area contributed by atoms with Gasteiger partial charge in [-0.15, -0.1) is 0 Å². The smallest absolute Gasteiger partial charge is 0.160 e. The summed E-state index contributed by atoms with van der Waals surface area (Å²) in [5.74, 6) is 0. The Bertz CT molecular complexity index is 311. The molecule has 0 aliphatic carbocycles. The van der Waals surface area contributed by atoms with Gasteiger partial charge in [-0.2, -0.15) is 0 Å². The van der Waals surface area contributed by atoms with E-state index in [1.165, 1.54) is 0 Å². The van der Waals surface area contributed by atoms with Crippen LogP contribution in [-0.4, -0.2) is 50.0 Å². The van der Waals surface area contributed by atoms with Crippen LogP contribution in [-0.2, 0) is 9.84 Å². The lowest BCUT2D eigenvalue weighted by Crippen LogP contribution is -2.50. The average molecular weight is 234 g/mol. The topological polar surface area (TPSA) is 63.4 Å². The van der Waals surface area contributed by atoms with Gasteiger partial charge >= 0.3 is 0 Å². The molecule has 0 radical (unpaired) electrons. The molecule has 1 aliphatic heterocycles. The molecule has 90 valence electrons. The van der Waals surface area contributed by atoms with Gasteiger partial charge in [0.2, 0.25) is 0 Å². The number of nitrogens with two attached hydrogens (primary N) is 1. The molecule has 0 amide bonds. The zero-order chi connectivity index (χ0) is 11.7. The molecule has 1 fully saturated rings. The highest BCUT2D eigenvalue weighted by molar-refractivity contribution is 7.93. The van der Waals surface area contributed by atoms with E-state index in [1.54, 1.807) is 13.8 Å². The third-order valence-electron chi connectivity index (χ3n) is 3.28. The highest BCUT2D eigenvalue weighted by Gasteiger charge is 2.40. The van der Waals surface area contributed by atoms with Crippen molar-refractivity contribution in [2.45, 2.75) is 36.7 Å². The summed E-state index contributed by atoms with van der Waals surface area (Å²) >= 11 is 0. The summed E-state index contributed by atoms with van der Waals surface area (Å²) in [6.45, 7) is 5.27. The highest BCUT2D eigenvalue weighted by Crippen LogP contribution is 2.26. The molecule has 1 rings (SSSR count). The monoisotopic (exact) mass is 234 g/mol. The summed E-state index contributed by atoms with van der Waals surface area (Å²) < 4.78 is 23.8. The summed E-state index contributed by atoms with van der Waals surface area (Å²) in [5, 5.41) is -0.241. The van der Waals surface area contributed by atoms with Crippen LogP contribution in [0, 0.1) is 0 Å². The number of rotatable bonds is 3. The first kappa shape index (κ1) is 12.9. The third-order valence-corrected chi connectivity index (χ3v) is 6.25. The van der Waals surface area contributed by atoms with E-state index in [0.29, 0.717) is 6.54 Å². The Morgan fingerprint density at radius 2 is 2.07 bits per heavy atom. The van der Waals surface area contributed by atoms with Crippen molar-refractivity contribution in [3.63, 3.8) is 0 Å². The zero-order valence-corrected chi connectivity index (χ0v) is 10.7. The molecular weight excluding hydrogens is 212 g/mol. The SMILES string of the molecule is CN1CCCC(S(=O)(=O)C(C)(C)CN)C1. The Hall–Kier alpha value is -0.130. The quantitative estimate of drug-likeness (QED) is 0.759. The van der Waals surface area contributed by atoms with Crippen LogP contribution in [0.3, 0.4) is 0 Å². The Labute approximate surface area is 92.7 Å². The van der Waals surface area contributed by atoms with Crippen molar-refractivity contribution in [3.05, 3.63) is 0 Å². The molecule has 15 heavy (non-hydrogen) atoms. The number of piperidine rings is 1. The second-order valence-electron chi connectivity index (χ2n) is 5.04. The van der Waals surface area contributed by atoms with Crippen LogP contribution in [0.4, 0.5) is 0 Å². The number of nitrogens with zero attached hydrogens (tertiary/aromatic N) is 1. The van der Waals surface area contributed by atoms with E-state index in [2.05, 4.69) is 4.90 Å². The lowest BCUT2D eigenvalue weighted by atomic mass is 10.1. The van der Waals surface area contributed by atoms with Crippen molar-refractivity contribution >= 4 is 9.84 Å². The predicted molar refractivity (Wildman–Crippen MR) is 62.6 cm³/mol. The number of likely N-dealkylation sites (tertiary alicyclic amines) is 1. The van der Waals surface area contributed by atoms with Crippen LogP contribution < -0.4 is 5.73 Å². The van der Waals surface area contributed by atoms with Gasteiger partial charge in [-0.25, -0.2) is 8.42 Å². The summed E-state index contributed by atoms with van der Waals surface area (Å²) in [7, 11) is -1.14. The first-order valence-corrected chi connectivity index (χ1v) is 6.98. The summed E-state index contributed by atoms with van der Waals surface area (Å²) in [4.78, 5) is 2.08. The molecule has 5 heteroatoms. The number of hydrogen-bond acceptors (Lipinski definition) is 4. The first-order chi connectivity index (χ1) is 6.81. The molecule has 1 aliphatic rings.